The van der Waals surface area contributed by atoms with Crippen molar-refractivity contribution in [1.82, 2.24) is 4.72 Å². The number of halogens is 1. The standard InChI is InChI=1S/C13H11FN2O3S2/c14-11-1-2-13(10(5-11)6-15)21(18,19)16-7-12(17)9-3-4-20-8-9/h1-5,8,12,16-17H,7H2/t12-/m1/s1. The number of nitriles is 1. The number of hydrogen-bond donors (Lipinski definition) is 2. The molecule has 0 aliphatic carbocycles. The average molecular weight is 326 g/mol. The number of aliphatic hydroxyl groups is 1. The zero-order valence-electron chi connectivity index (χ0n) is 10.7. The zero-order valence-corrected chi connectivity index (χ0v) is 12.3. The zero-order chi connectivity index (χ0) is 15.5. The van der Waals surface area contributed by atoms with Gasteiger partial charge in [-0.05, 0) is 40.6 Å². The van der Waals surface area contributed by atoms with E-state index in [0.717, 1.165) is 18.2 Å². The van der Waals surface area contributed by atoms with Gasteiger partial charge >= 0.3 is 0 Å². The minimum atomic E-state index is -4.00. The van der Waals surface area contributed by atoms with E-state index in [1.807, 2.05) is 0 Å². The van der Waals surface area contributed by atoms with Crippen molar-refractivity contribution < 1.29 is 17.9 Å². The van der Waals surface area contributed by atoms with E-state index < -0.39 is 21.9 Å². The molecule has 1 aromatic heterocycles. The summed E-state index contributed by atoms with van der Waals surface area (Å²) in [5.41, 5.74) is 0.315. The van der Waals surface area contributed by atoms with Crippen LogP contribution in [0.5, 0.6) is 0 Å². The number of hydrogen-bond acceptors (Lipinski definition) is 5. The number of sulfonamides is 1. The van der Waals surface area contributed by atoms with Crippen LogP contribution in [-0.4, -0.2) is 20.1 Å². The number of nitrogens with zero attached hydrogens (tertiary/aromatic N) is 1. The van der Waals surface area contributed by atoms with Crippen LogP contribution in [0.4, 0.5) is 4.39 Å². The molecule has 0 radical (unpaired) electrons. The van der Waals surface area contributed by atoms with E-state index in [2.05, 4.69) is 4.72 Å². The Kier molecular flexibility index (Phi) is 4.69. The summed E-state index contributed by atoms with van der Waals surface area (Å²) in [6, 6.07) is 6.16. The van der Waals surface area contributed by atoms with Crippen LogP contribution >= 0.6 is 11.3 Å². The number of aliphatic hydroxyl groups excluding tert-OH is 1. The second kappa shape index (κ2) is 6.32. The van der Waals surface area contributed by atoms with Gasteiger partial charge in [0.25, 0.3) is 0 Å². The highest BCUT2D eigenvalue weighted by atomic mass is 32.2. The highest BCUT2D eigenvalue weighted by molar-refractivity contribution is 7.89. The molecule has 0 amide bonds. The first-order valence-corrected chi connectivity index (χ1v) is 8.26. The molecule has 2 aromatic rings. The van der Waals surface area contributed by atoms with Crippen molar-refractivity contribution in [2.75, 3.05) is 6.54 Å². The molecular weight excluding hydrogens is 315 g/mol. The van der Waals surface area contributed by atoms with Crippen molar-refractivity contribution in [3.05, 3.63) is 52.0 Å². The van der Waals surface area contributed by atoms with Crippen LogP contribution in [0.15, 0.2) is 39.9 Å². The number of benzene rings is 1. The first-order valence-electron chi connectivity index (χ1n) is 5.83. The second-order valence-electron chi connectivity index (χ2n) is 4.18. The third-order valence-corrected chi connectivity index (χ3v) is 4.93. The van der Waals surface area contributed by atoms with Crippen molar-refractivity contribution in [3.8, 4) is 6.07 Å². The van der Waals surface area contributed by atoms with Crippen molar-refractivity contribution in [2.45, 2.75) is 11.0 Å². The molecule has 0 fully saturated rings. The lowest BCUT2D eigenvalue weighted by Crippen LogP contribution is -2.29. The van der Waals surface area contributed by atoms with Crippen LogP contribution in [-0.2, 0) is 10.0 Å². The van der Waals surface area contributed by atoms with Crippen LogP contribution in [0.25, 0.3) is 0 Å². The molecule has 1 atom stereocenters. The maximum Gasteiger partial charge on any atom is 0.241 e. The van der Waals surface area contributed by atoms with Gasteiger partial charge in [-0.3, -0.25) is 0 Å². The van der Waals surface area contributed by atoms with E-state index >= 15 is 0 Å². The van der Waals surface area contributed by atoms with Crippen LogP contribution < -0.4 is 4.72 Å². The van der Waals surface area contributed by atoms with E-state index in [9.17, 15) is 17.9 Å². The lowest BCUT2D eigenvalue weighted by atomic mass is 10.2. The molecule has 110 valence electrons. The van der Waals surface area contributed by atoms with Gasteiger partial charge in [0.2, 0.25) is 10.0 Å². The lowest BCUT2D eigenvalue weighted by molar-refractivity contribution is 0.182. The van der Waals surface area contributed by atoms with Crippen LogP contribution in [0.2, 0.25) is 0 Å². The SMILES string of the molecule is N#Cc1cc(F)ccc1S(=O)(=O)NC[C@@H](O)c1ccsc1. The molecule has 0 bridgehead atoms. The third kappa shape index (κ3) is 3.65. The molecule has 0 saturated carbocycles. The van der Waals surface area contributed by atoms with Crippen molar-refractivity contribution in [2.24, 2.45) is 0 Å². The molecule has 1 aromatic carbocycles. The Labute approximate surface area is 125 Å². The molecule has 5 nitrogen and oxygen atoms in total. The second-order valence-corrected chi connectivity index (χ2v) is 6.69. The maximum atomic E-state index is 13.0. The summed E-state index contributed by atoms with van der Waals surface area (Å²) < 4.78 is 39.4. The number of nitrogens with one attached hydrogen (secondary N) is 1. The molecule has 0 unspecified atom stereocenters. The molecule has 0 spiro atoms. The first-order chi connectivity index (χ1) is 9.94. The molecule has 8 heteroatoms. The predicted octanol–water partition coefficient (Wildman–Crippen LogP) is 1.77. The van der Waals surface area contributed by atoms with Gasteiger partial charge in [-0.1, -0.05) is 0 Å². The molecule has 21 heavy (non-hydrogen) atoms. The van der Waals surface area contributed by atoms with E-state index in [1.54, 1.807) is 22.9 Å². The number of thiophene rings is 1. The maximum absolute atomic E-state index is 13.0. The summed E-state index contributed by atoms with van der Waals surface area (Å²) in [5.74, 6) is -0.691. The highest BCUT2D eigenvalue weighted by Crippen LogP contribution is 2.19. The Morgan fingerprint density at radius 2 is 2.19 bits per heavy atom. The summed E-state index contributed by atoms with van der Waals surface area (Å²) in [7, 11) is -4.00. The van der Waals surface area contributed by atoms with Crippen LogP contribution in [0, 0.1) is 17.1 Å². The molecule has 0 aliphatic heterocycles. The summed E-state index contributed by atoms with van der Waals surface area (Å²) >= 11 is 1.38. The van der Waals surface area contributed by atoms with Crippen molar-refractivity contribution in [1.29, 1.82) is 5.26 Å². The monoisotopic (exact) mass is 326 g/mol. The van der Waals surface area contributed by atoms with Gasteiger partial charge in [-0.25, -0.2) is 17.5 Å². The van der Waals surface area contributed by atoms with Crippen molar-refractivity contribution in [3.63, 3.8) is 0 Å². The molecule has 0 aliphatic rings. The van der Waals surface area contributed by atoms with Gasteiger partial charge in [0.1, 0.15) is 11.9 Å². The molecule has 2 rings (SSSR count). The molecule has 2 N–H and O–H groups in total. The smallest absolute Gasteiger partial charge is 0.241 e. The molecule has 1 heterocycles. The minimum Gasteiger partial charge on any atom is -0.387 e. The molecular formula is C13H11FN2O3S2. The highest BCUT2D eigenvalue weighted by Gasteiger charge is 2.20. The number of rotatable bonds is 5. The summed E-state index contributed by atoms with van der Waals surface area (Å²) in [4.78, 5) is -0.316. The van der Waals surface area contributed by atoms with E-state index in [-0.39, 0.29) is 17.0 Å². The predicted molar refractivity (Wildman–Crippen MR) is 75.6 cm³/mol. The first kappa shape index (κ1) is 15.6. The van der Waals surface area contributed by atoms with Gasteiger partial charge in [0.15, 0.2) is 0 Å². The quantitative estimate of drug-likeness (QED) is 0.876. The van der Waals surface area contributed by atoms with E-state index in [4.69, 9.17) is 5.26 Å². The van der Waals surface area contributed by atoms with Crippen LogP contribution in [0.1, 0.15) is 17.2 Å². The Balaban J connectivity index is 2.18. The molecule has 0 saturated heterocycles. The van der Waals surface area contributed by atoms with Gasteiger partial charge < -0.3 is 5.11 Å². The lowest BCUT2D eigenvalue weighted by Gasteiger charge is -2.12. The fraction of sp³-hybridized carbons (Fsp3) is 0.154. The van der Waals surface area contributed by atoms with Crippen LogP contribution in [0.3, 0.4) is 0 Å². The van der Waals surface area contributed by atoms with Gasteiger partial charge in [0, 0.05) is 6.54 Å². The Morgan fingerprint density at radius 3 is 2.81 bits per heavy atom. The fourth-order valence-electron chi connectivity index (χ4n) is 1.67. The fourth-order valence-corrected chi connectivity index (χ4v) is 3.55. The van der Waals surface area contributed by atoms with E-state index in [1.165, 1.54) is 11.3 Å². The summed E-state index contributed by atoms with van der Waals surface area (Å²) in [5, 5.41) is 22.2. The topological polar surface area (TPSA) is 90.2 Å². The Morgan fingerprint density at radius 1 is 1.43 bits per heavy atom. The third-order valence-electron chi connectivity index (χ3n) is 2.75. The van der Waals surface area contributed by atoms with Crippen molar-refractivity contribution >= 4 is 21.4 Å². The largest absolute Gasteiger partial charge is 0.387 e. The summed E-state index contributed by atoms with van der Waals surface area (Å²) in [6.07, 6.45) is -0.989. The Hall–Kier alpha value is -1.79. The van der Waals surface area contributed by atoms with Gasteiger partial charge in [-0.2, -0.15) is 16.6 Å². The van der Waals surface area contributed by atoms with Gasteiger partial charge in [-0.15, -0.1) is 0 Å². The van der Waals surface area contributed by atoms with Gasteiger partial charge in [0.05, 0.1) is 16.6 Å². The normalized spacial score (nSPS) is 12.8. The van der Waals surface area contributed by atoms with E-state index in [0.29, 0.717) is 5.56 Å². The summed E-state index contributed by atoms with van der Waals surface area (Å²) in [6.45, 7) is -0.235. The average Bonchev–Trinajstić information content (AvgIpc) is 2.98. The Bertz CT molecular complexity index is 767. The minimum absolute atomic E-state index is 0.235.